The minimum Gasteiger partial charge on any atom is -0.355 e. The summed E-state index contributed by atoms with van der Waals surface area (Å²) in [5.74, 6) is 1.69. The monoisotopic (exact) mass is 248 g/mol. The number of thiophene rings is 1. The van der Waals surface area contributed by atoms with Crippen molar-refractivity contribution in [3.8, 4) is 0 Å². The third-order valence-corrected chi connectivity index (χ3v) is 4.28. The van der Waals surface area contributed by atoms with Gasteiger partial charge in [0.1, 0.15) is 12.1 Å². The van der Waals surface area contributed by atoms with E-state index in [2.05, 4.69) is 26.3 Å². The fourth-order valence-electron chi connectivity index (χ4n) is 2.45. The minimum absolute atomic E-state index is 0.605. The van der Waals surface area contributed by atoms with E-state index in [4.69, 9.17) is 5.73 Å². The van der Waals surface area contributed by atoms with Crippen LogP contribution in [-0.4, -0.2) is 29.6 Å². The molecule has 1 aliphatic rings. The van der Waals surface area contributed by atoms with E-state index >= 15 is 0 Å². The Morgan fingerprint density at radius 3 is 3.29 bits per heavy atom. The van der Waals surface area contributed by atoms with Crippen LogP contribution in [0.3, 0.4) is 0 Å². The molecule has 5 heteroatoms. The summed E-state index contributed by atoms with van der Waals surface area (Å²) in [4.78, 5) is 11.1. The zero-order valence-electron chi connectivity index (χ0n) is 9.67. The van der Waals surface area contributed by atoms with E-state index in [1.54, 1.807) is 17.7 Å². The van der Waals surface area contributed by atoms with Gasteiger partial charge in [0.25, 0.3) is 0 Å². The Balaban J connectivity index is 1.94. The molecule has 0 aromatic carbocycles. The molecule has 17 heavy (non-hydrogen) atoms. The summed E-state index contributed by atoms with van der Waals surface area (Å²) in [5, 5.41) is 2.08. The van der Waals surface area contributed by atoms with Gasteiger partial charge in [0, 0.05) is 13.1 Å². The molecule has 3 rings (SSSR count). The molecule has 2 N–H and O–H groups in total. The minimum atomic E-state index is 0.605. The molecular weight excluding hydrogens is 232 g/mol. The van der Waals surface area contributed by atoms with Crippen LogP contribution in [-0.2, 0) is 0 Å². The van der Waals surface area contributed by atoms with Gasteiger partial charge in [-0.3, -0.25) is 0 Å². The maximum absolute atomic E-state index is 5.78. The van der Waals surface area contributed by atoms with Gasteiger partial charge >= 0.3 is 0 Å². The summed E-state index contributed by atoms with van der Waals surface area (Å²) < 4.78 is 1.20. The standard InChI is InChI=1S/C12H16N4S/c13-6-9-2-1-4-16(7-9)12-11-10(3-5-17-11)14-8-15-12/h3,5,8-9H,1-2,4,6-7,13H2. The highest BCUT2D eigenvalue weighted by molar-refractivity contribution is 7.17. The molecule has 1 aliphatic heterocycles. The maximum Gasteiger partial charge on any atom is 0.150 e. The third kappa shape index (κ3) is 2.00. The zero-order chi connectivity index (χ0) is 11.7. The lowest BCUT2D eigenvalue weighted by Gasteiger charge is -2.33. The number of nitrogens with zero attached hydrogens (tertiary/aromatic N) is 3. The zero-order valence-corrected chi connectivity index (χ0v) is 10.5. The average Bonchev–Trinajstić information content (AvgIpc) is 2.87. The molecule has 1 atom stereocenters. The Hall–Kier alpha value is -1.20. The van der Waals surface area contributed by atoms with Crippen LogP contribution >= 0.6 is 11.3 Å². The van der Waals surface area contributed by atoms with Crippen LogP contribution in [0.2, 0.25) is 0 Å². The summed E-state index contributed by atoms with van der Waals surface area (Å²) in [6.45, 7) is 2.89. The second-order valence-corrected chi connectivity index (χ2v) is 5.44. The molecule has 0 saturated carbocycles. The number of anilines is 1. The molecule has 0 amide bonds. The van der Waals surface area contributed by atoms with Crippen molar-refractivity contribution in [3.63, 3.8) is 0 Å². The smallest absolute Gasteiger partial charge is 0.150 e. The summed E-state index contributed by atoms with van der Waals surface area (Å²) in [7, 11) is 0. The van der Waals surface area contributed by atoms with E-state index in [9.17, 15) is 0 Å². The van der Waals surface area contributed by atoms with Crippen molar-refractivity contribution in [2.75, 3.05) is 24.5 Å². The van der Waals surface area contributed by atoms with Crippen LogP contribution in [0.4, 0.5) is 5.82 Å². The van der Waals surface area contributed by atoms with Crippen molar-refractivity contribution >= 4 is 27.4 Å². The normalized spacial score (nSPS) is 21.0. The van der Waals surface area contributed by atoms with Crippen LogP contribution in [0.25, 0.3) is 10.2 Å². The summed E-state index contributed by atoms with van der Waals surface area (Å²) in [6.07, 6.45) is 4.11. The molecule has 0 radical (unpaired) electrons. The quantitative estimate of drug-likeness (QED) is 0.881. The van der Waals surface area contributed by atoms with Gasteiger partial charge in [-0.05, 0) is 36.8 Å². The molecule has 1 unspecified atom stereocenters. The van der Waals surface area contributed by atoms with Gasteiger partial charge in [-0.15, -0.1) is 11.3 Å². The second kappa shape index (κ2) is 4.58. The molecule has 4 nitrogen and oxygen atoms in total. The number of aromatic nitrogens is 2. The lowest BCUT2D eigenvalue weighted by molar-refractivity contribution is 0.422. The molecule has 1 fully saturated rings. The second-order valence-electron chi connectivity index (χ2n) is 4.52. The predicted octanol–water partition coefficient (Wildman–Crippen LogP) is 1.87. The first-order valence-corrected chi connectivity index (χ1v) is 6.89. The number of piperidine rings is 1. The highest BCUT2D eigenvalue weighted by Crippen LogP contribution is 2.30. The molecule has 2 aromatic rings. The number of fused-ring (bicyclic) bond motifs is 1. The highest BCUT2D eigenvalue weighted by atomic mass is 32.1. The molecule has 3 heterocycles. The third-order valence-electron chi connectivity index (χ3n) is 3.38. The highest BCUT2D eigenvalue weighted by Gasteiger charge is 2.21. The van der Waals surface area contributed by atoms with Crippen molar-refractivity contribution in [2.24, 2.45) is 11.7 Å². The number of nitrogens with two attached hydrogens (primary N) is 1. The summed E-state index contributed by atoms with van der Waals surface area (Å²) >= 11 is 1.72. The molecule has 2 aromatic heterocycles. The van der Waals surface area contributed by atoms with Gasteiger partial charge in [-0.1, -0.05) is 0 Å². The van der Waals surface area contributed by atoms with Gasteiger partial charge in [0.05, 0.1) is 10.2 Å². The molecule has 0 bridgehead atoms. The summed E-state index contributed by atoms with van der Waals surface area (Å²) in [5.41, 5.74) is 6.83. The van der Waals surface area contributed by atoms with E-state index in [0.29, 0.717) is 5.92 Å². The Labute approximate surface area is 104 Å². The topological polar surface area (TPSA) is 55.0 Å². The SMILES string of the molecule is NCC1CCCN(c2ncnc3ccsc23)C1. The first kappa shape index (κ1) is 10.9. The van der Waals surface area contributed by atoms with Crippen molar-refractivity contribution in [1.82, 2.24) is 9.97 Å². The lowest BCUT2D eigenvalue weighted by atomic mass is 9.98. The van der Waals surface area contributed by atoms with Gasteiger partial charge in [0.2, 0.25) is 0 Å². The Kier molecular flexibility index (Phi) is 2.94. The molecule has 0 aliphatic carbocycles. The van der Waals surface area contributed by atoms with Gasteiger partial charge < -0.3 is 10.6 Å². The Morgan fingerprint density at radius 1 is 1.47 bits per heavy atom. The molecule has 90 valence electrons. The molecule has 1 saturated heterocycles. The fourth-order valence-corrected chi connectivity index (χ4v) is 3.31. The van der Waals surface area contributed by atoms with Crippen LogP contribution in [0, 0.1) is 5.92 Å². The van der Waals surface area contributed by atoms with Crippen LogP contribution < -0.4 is 10.6 Å². The van der Waals surface area contributed by atoms with Gasteiger partial charge in [0.15, 0.2) is 0 Å². The molecular formula is C12H16N4S. The van der Waals surface area contributed by atoms with Crippen molar-refractivity contribution in [3.05, 3.63) is 17.8 Å². The molecule has 0 spiro atoms. The Bertz CT molecular complexity index is 510. The van der Waals surface area contributed by atoms with Gasteiger partial charge in [-0.2, -0.15) is 0 Å². The Morgan fingerprint density at radius 2 is 2.41 bits per heavy atom. The van der Waals surface area contributed by atoms with E-state index in [1.165, 1.54) is 17.5 Å². The summed E-state index contributed by atoms with van der Waals surface area (Å²) in [6, 6.07) is 2.05. The van der Waals surface area contributed by atoms with Crippen molar-refractivity contribution in [1.29, 1.82) is 0 Å². The number of hydrogen-bond donors (Lipinski definition) is 1. The van der Waals surface area contributed by atoms with Crippen LogP contribution in [0.15, 0.2) is 17.8 Å². The lowest BCUT2D eigenvalue weighted by Crippen LogP contribution is -2.38. The van der Waals surface area contributed by atoms with Crippen molar-refractivity contribution < 1.29 is 0 Å². The first-order valence-electron chi connectivity index (χ1n) is 6.01. The number of hydrogen-bond acceptors (Lipinski definition) is 5. The largest absolute Gasteiger partial charge is 0.355 e. The predicted molar refractivity (Wildman–Crippen MR) is 71.4 cm³/mol. The van der Waals surface area contributed by atoms with E-state index in [-0.39, 0.29) is 0 Å². The van der Waals surface area contributed by atoms with Crippen LogP contribution in [0.5, 0.6) is 0 Å². The van der Waals surface area contributed by atoms with Crippen LogP contribution in [0.1, 0.15) is 12.8 Å². The maximum atomic E-state index is 5.78. The van der Waals surface area contributed by atoms with E-state index in [0.717, 1.165) is 31.0 Å². The fraction of sp³-hybridized carbons (Fsp3) is 0.500. The van der Waals surface area contributed by atoms with E-state index in [1.807, 2.05) is 0 Å². The average molecular weight is 248 g/mol. The first-order chi connectivity index (χ1) is 8.38. The number of rotatable bonds is 2. The van der Waals surface area contributed by atoms with E-state index < -0.39 is 0 Å². The van der Waals surface area contributed by atoms with Crippen molar-refractivity contribution in [2.45, 2.75) is 12.8 Å². The van der Waals surface area contributed by atoms with Gasteiger partial charge in [-0.25, -0.2) is 9.97 Å².